The molecular weight excluding hydrogens is 1050 g/mol. The summed E-state index contributed by atoms with van der Waals surface area (Å²) in [5.41, 5.74) is 19.3. The van der Waals surface area contributed by atoms with E-state index in [4.69, 9.17) is 0 Å². The number of thiophene rings is 1. The highest BCUT2D eigenvalue weighted by atomic mass is 32.1. The van der Waals surface area contributed by atoms with Crippen molar-refractivity contribution in [2.24, 2.45) is 0 Å². The third-order valence-electron chi connectivity index (χ3n) is 16.9. The zero-order chi connectivity index (χ0) is 56.8. The lowest BCUT2D eigenvalue weighted by Gasteiger charge is -2.29. The zero-order valence-corrected chi connectivity index (χ0v) is 47.8. The van der Waals surface area contributed by atoms with Crippen molar-refractivity contribution >= 4 is 88.6 Å². The molecule has 1 aliphatic carbocycles. The van der Waals surface area contributed by atoms with Gasteiger partial charge in [-0.1, -0.05) is 231 Å². The number of benzene rings is 13. The summed E-state index contributed by atoms with van der Waals surface area (Å²) in [4.78, 5) is 4.59. The van der Waals surface area contributed by atoms with Gasteiger partial charge in [-0.3, -0.25) is 0 Å². The van der Waals surface area contributed by atoms with Crippen molar-refractivity contribution in [1.82, 2.24) is 0 Å². The first-order valence-electron chi connectivity index (χ1n) is 29.2. The smallest absolute Gasteiger partial charge is 0.155 e. The van der Waals surface area contributed by atoms with E-state index in [1.54, 1.807) is 0 Å². The molecule has 0 saturated carbocycles. The SMILES string of the molecule is Cc1c(-c2ccccc2)cc(-c2ccccc2)cc1N(c1ccc(-c2ccccc2)cc1)c1ccc2c(c1)sc1c3ccc(N(c4ccc(-c5ccccc5)cc4)c4cc(-c5ccccc5)cc(-c5ccccc5)c4F)cc3c3c(c21)=CCCC=3. The van der Waals surface area contributed by atoms with E-state index < -0.39 is 0 Å². The van der Waals surface area contributed by atoms with Gasteiger partial charge in [0.1, 0.15) is 0 Å². The lowest BCUT2D eigenvalue weighted by molar-refractivity contribution is 0.632. The summed E-state index contributed by atoms with van der Waals surface area (Å²) in [6, 6.07) is 103. The van der Waals surface area contributed by atoms with Crippen LogP contribution in [-0.4, -0.2) is 0 Å². The largest absolute Gasteiger partial charge is 0.310 e. The Balaban J connectivity index is 0.931. The molecule has 0 amide bonds. The molecule has 0 spiro atoms. The summed E-state index contributed by atoms with van der Waals surface area (Å²) in [6.07, 6.45) is 6.77. The number of hydrogen-bond acceptors (Lipinski definition) is 3. The zero-order valence-electron chi connectivity index (χ0n) is 47.0. The molecule has 1 aromatic heterocycles. The lowest BCUT2D eigenvalue weighted by Crippen LogP contribution is -2.28. The second-order valence-corrected chi connectivity index (χ2v) is 23.1. The number of halogens is 1. The van der Waals surface area contributed by atoms with Crippen LogP contribution in [-0.2, 0) is 0 Å². The molecule has 15 rings (SSSR count). The molecule has 404 valence electrons. The molecule has 0 unspecified atom stereocenters. The first kappa shape index (κ1) is 51.5. The van der Waals surface area contributed by atoms with Gasteiger partial charge in [0.2, 0.25) is 0 Å². The van der Waals surface area contributed by atoms with E-state index in [1.807, 2.05) is 78.1 Å². The van der Waals surface area contributed by atoms with Crippen LogP contribution >= 0.6 is 11.3 Å². The third kappa shape index (κ3) is 9.57. The quantitative estimate of drug-likeness (QED) is 0.120. The molecule has 2 nitrogen and oxygen atoms in total. The Morgan fingerprint density at radius 3 is 1.22 bits per heavy atom. The summed E-state index contributed by atoms with van der Waals surface area (Å²) in [6.45, 7) is 2.27. The van der Waals surface area contributed by atoms with Crippen LogP contribution in [0.3, 0.4) is 0 Å². The predicted molar refractivity (Wildman–Crippen MR) is 361 cm³/mol. The molecule has 1 aliphatic rings. The van der Waals surface area contributed by atoms with E-state index in [9.17, 15) is 0 Å². The highest BCUT2D eigenvalue weighted by molar-refractivity contribution is 7.26. The molecule has 0 aliphatic heterocycles. The van der Waals surface area contributed by atoms with Gasteiger partial charge in [0.05, 0.1) is 11.4 Å². The Labute approximate surface area is 499 Å². The highest BCUT2D eigenvalue weighted by Gasteiger charge is 2.25. The van der Waals surface area contributed by atoms with Crippen LogP contribution in [0.15, 0.2) is 291 Å². The van der Waals surface area contributed by atoms with Crippen LogP contribution in [0.2, 0.25) is 0 Å². The monoisotopic (exact) mass is 1110 g/mol. The first-order chi connectivity index (χ1) is 42.0. The minimum absolute atomic E-state index is 0.282. The summed E-state index contributed by atoms with van der Waals surface area (Å²) in [7, 11) is 0. The number of rotatable bonds is 12. The lowest BCUT2D eigenvalue weighted by atomic mass is 9.92. The van der Waals surface area contributed by atoms with Gasteiger partial charge >= 0.3 is 0 Å². The van der Waals surface area contributed by atoms with Crippen molar-refractivity contribution in [1.29, 1.82) is 0 Å². The molecule has 4 heteroatoms. The van der Waals surface area contributed by atoms with Crippen molar-refractivity contribution < 1.29 is 4.39 Å². The van der Waals surface area contributed by atoms with Crippen LogP contribution in [0.4, 0.5) is 38.5 Å². The molecule has 0 saturated heterocycles. The van der Waals surface area contributed by atoms with Crippen molar-refractivity contribution in [3.8, 4) is 66.8 Å². The standard InChI is InChI=1S/C81H57FN2S/c1-54-73(61-30-16-6-17-31-61)48-63(57-26-12-4-13-27-57)50-76(54)83(65-40-36-59(37-41-65)55-22-8-2-9-23-55)68-45-47-72-78(53-68)85-81-71-46-44-67(52-75(71)69-34-20-21-35-70(69)79(72)81)84(66-42-38-60(39-43-66)56-24-10-3-11-25-56)77-51-64(58-28-14-5-15-29-58)49-74(80(77)82)62-32-18-7-19-33-62/h2-19,22-53H,20-21H2,1H3. The van der Waals surface area contributed by atoms with E-state index in [2.05, 4.69) is 253 Å². The predicted octanol–water partition coefficient (Wildman–Crippen LogP) is 22.0. The molecule has 0 fully saturated rings. The van der Waals surface area contributed by atoms with Gasteiger partial charge < -0.3 is 9.80 Å². The van der Waals surface area contributed by atoms with Gasteiger partial charge in [-0.25, -0.2) is 4.39 Å². The fraction of sp³-hybridized carbons (Fsp3) is 0.0370. The van der Waals surface area contributed by atoms with E-state index in [1.165, 1.54) is 69.4 Å². The van der Waals surface area contributed by atoms with Crippen molar-refractivity contribution in [3.05, 3.63) is 313 Å². The Bertz CT molecular complexity index is 4910. The molecule has 13 aromatic carbocycles. The Hall–Kier alpha value is -10.4. The normalized spacial score (nSPS) is 12.0. The molecule has 0 radical (unpaired) electrons. The van der Waals surface area contributed by atoms with Gasteiger partial charge in [0, 0.05) is 53.9 Å². The fourth-order valence-corrected chi connectivity index (χ4v) is 14.0. The molecule has 0 bridgehead atoms. The molecule has 1 heterocycles. The van der Waals surface area contributed by atoms with Crippen molar-refractivity contribution in [3.63, 3.8) is 0 Å². The van der Waals surface area contributed by atoms with E-state index >= 15 is 4.39 Å². The van der Waals surface area contributed by atoms with Gasteiger partial charge in [-0.05, 0) is 175 Å². The summed E-state index contributed by atoms with van der Waals surface area (Å²) >= 11 is 1.86. The second kappa shape index (κ2) is 22.1. The molecule has 0 atom stereocenters. The first-order valence-corrected chi connectivity index (χ1v) is 30.0. The molecule has 85 heavy (non-hydrogen) atoms. The van der Waals surface area contributed by atoms with Crippen LogP contribution in [0.5, 0.6) is 0 Å². The minimum Gasteiger partial charge on any atom is -0.310 e. The van der Waals surface area contributed by atoms with Crippen molar-refractivity contribution in [2.75, 3.05) is 9.80 Å². The van der Waals surface area contributed by atoms with E-state index in [0.717, 1.165) is 80.0 Å². The average molecular weight is 1110 g/mol. The highest BCUT2D eigenvalue weighted by Crippen LogP contribution is 2.48. The Morgan fingerprint density at radius 1 is 0.318 bits per heavy atom. The topological polar surface area (TPSA) is 6.48 Å². The second-order valence-electron chi connectivity index (χ2n) is 22.0. The number of nitrogens with zero attached hydrogens (tertiary/aromatic N) is 2. The van der Waals surface area contributed by atoms with Crippen LogP contribution in [0.25, 0.3) is 110 Å². The molecule has 0 N–H and O–H groups in total. The fourth-order valence-electron chi connectivity index (χ4n) is 12.7. The summed E-state index contributed by atoms with van der Waals surface area (Å²) < 4.78 is 20.5. The molecule has 14 aromatic rings. The van der Waals surface area contributed by atoms with Crippen molar-refractivity contribution in [2.45, 2.75) is 19.8 Å². The summed E-state index contributed by atoms with van der Waals surface area (Å²) in [5.74, 6) is -0.282. The molecular formula is C81H57FN2S. The third-order valence-corrected chi connectivity index (χ3v) is 18.1. The van der Waals surface area contributed by atoms with Crippen LogP contribution < -0.4 is 20.2 Å². The van der Waals surface area contributed by atoms with Gasteiger partial charge in [-0.2, -0.15) is 0 Å². The minimum atomic E-state index is -0.282. The van der Waals surface area contributed by atoms with Gasteiger partial charge in [-0.15, -0.1) is 11.3 Å². The van der Waals surface area contributed by atoms with Gasteiger partial charge in [0.15, 0.2) is 5.82 Å². The van der Waals surface area contributed by atoms with Crippen LogP contribution in [0, 0.1) is 12.7 Å². The average Bonchev–Trinajstić information content (AvgIpc) is 2.01. The van der Waals surface area contributed by atoms with Gasteiger partial charge in [0.25, 0.3) is 0 Å². The Kier molecular flexibility index (Phi) is 13.4. The maximum absolute atomic E-state index is 18.1. The maximum atomic E-state index is 18.1. The Morgan fingerprint density at radius 2 is 0.706 bits per heavy atom. The van der Waals surface area contributed by atoms with Crippen LogP contribution in [0.1, 0.15) is 18.4 Å². The number of fused-ring (bicyclic) bond motifs is 8. The van der Waals surface area contributed by atoms with E-state index in [-0.39, 0.29) is 5.82 Å². The van der Waals surface area contributed by atoms with E-state index in [0.29, 0.717) is 11.3 Å². The number of anilines is 6. The maximum Gasteiger partial charge on any atom is 0.155 e. The summed E-state index contributed by atoms with van der Waals surface area (Å²) in [5, 5.41) is 7.35. The number of hydrogen-bond donors (Lipinski definition) is 0.